The van der Waals surface area contributed by atoms with Crippen molar-refractivity contribution in [3.8, 4) is 0 Å². The molecule has 0 N–H and O–H groups in total. The summed E-state index contributed by atoms with van der Waals surface area (Å²) in [6.07, 6.45) is 2.99. The third kappa shape index (κ3) is 3.63. The second-order valence-corrected chi connectivity index (χ2v) is 8.32. The fourth-order valence-electron chi connectivity index (χ4n) is 2.12. The molecule has 0 radical (unpaired) electrons. The van der Waals surface area contributed by atoms with Crippen LogP contribution in [0, 0.1) is 6.08 Å². The summed E-state index contributed by atoms with van der Waals surface area (Å²) in [5, 5.41) is 2.80. The van der Waals surface area contributed by atoms with Crippen LogP contribution in [-0.2, 0) is 0 Å². The molecule has 0 unspecified atom stereocenters. The summed E-state index contributed by atoms with van der Waals surface area (Å²) in [6, 6.07) is 21.4. The standard InChI is InChI=1S/C17H17Si.Li/c1-3-4-15-18(2,16-11-7-5-8-12-16)17-13-9-6-10-14-17;/h5-15H,1-2H3;/q-1;+1. The third-order valence-electron chi connectivity index (χ3n) is 3.25. The Morgan fingerprint density at radius 3 is 1.68 bits per heavy atom. The van der Waals surface area contributed by atoms with Crippen LogP contribution in [0.1, 0.15) is 6.92 Å². The van der Waals surface area contributed by atoms with Crippen LogP contribution in [0.15, 0.2) is 72.1 Å². The topological polar surface area (TPSA) is 0 Å². The first-order chi connectivity index (χ1) is 8.77. The van der Waals surface area contributed by atoms with Gasteiger partial charge in [-0.1, -0.05) is 77.6 Å². The first-order valence-corrected chi connectivity index (χ1v) is 8.73. The summed E-state index contributed by atoms with van der Waals surface area (Å²) in [5.74, 6) is 0. The Hall–Kier alpha value is -1.23. The molecule has 90 valence electrons. The third-order valence-corrected chi connectivity index (χ3v) is 7.04. The van der Waals surface area contributed by atoms with Crippen LogP contribution < -0.4 is 29.2 Å². The van der Waals surface area contributed by atoms with Gasteiger partial charge in [0.15, 0.2) is 0 Å². The molecule has 0 spiro atoms. The van der Waals surface area contributed by atoms with E-state index in [0.717, 1.165) is 0 Å². The molecule has 0 amide bonds. The van der Waals surface area contributed by atoms with E-state index in [2.05, 4.69) is 84.7 Å². The van der Waals surface area contributed by atoms with Gasteiger partial charge in [0.1, 0.15) is 0 Å². The van der Waals surface area contributed by atoms with Gasteiger partial charge in [0, 0.05) is 0 Å². The molecular weight excluding hydrogens is 239 g/mol. The largest absolute Gasteiger partial charge is 1.00 e. The van der Waals surface area contributed by atoms with E-state index in [9.17, 15) is 0 Å². The molecule has 0 saturated heterocycles. The minimum absolute atomic E-state index is 0. The van der Waals surface area contributed by atoms with Crippen molar-refractivity contribution < 1.29 is 18.9 Å². The maximum absolute atomic E-state index is 3.17. The number of hydrogen-bond acceptors (Lipinski definition) is 0. The van der Waals surface area contributed by atoms with Crippen LogP contribution >= 0.6 is 0 Å². The van der Waals surface area contributed by atoms with Crippen molar-refractivity contribution in [2.45, 2.75) is 13.5 Å². The summed E-state index contributed by atoms with van der Waals surface area (Å²) in [4.78, 5) is 0. The Bertz CT molecular complexity index is 515. The summed E-state index contributed by atoms with van der Waals surface area (Å²) >= 11 is 0. The zero-order valence-electron chi connectivity index (χ0n) is 11.9. The average Bonchev–Trinajstić information content (AvgIpc) is 2.46. The fourth-order valence-corrected chi connectivity index (χ4v) is 4.99. The molecule has 2 heteroatoms. The van der Waals surface area contributed by atoms with E-state index in [1.54, 1.807) is 0 Å². The van der Waals surface area contributed by atoms with Gasteiger partial charge in [-0.2, -0.15) is 5.70 Å². The maximum atomic E-state index is 3.17. The molecule has 0 bridgehead atoms. The van der Waals surface area contributed by atoms with Crippen LogP contribution in [0.3, 0.4) is 0 Å². The minimum Gasteiger partial charge on any atom is -0.337 e. The van der Waals surface area contributed by atoms with Crippen molar-refractivity contribution >= 4 is 18.4 Å². The fraction of sp³-hybridized carbons (Fsp3) is 0.118. The number of rotatable bonds is 3. The van der Waals surface area contributed by atoms with E-state index in [-0.39, 0.29) is 18.9 Å². The summed E-state index contributed by atoms with van der Waals surface area (Å²) in [6.45, 7) is 4.24. The van der Waals surface area contributed by atoms with Gasteiger partial charge in [0.25, 0.3) is 0 Å². The molecule has 0 nitrogen and oxygen atoms in total. The number of benzene rings is 2. The molecule has 2 rings (SSSR count). The van der Waals surface area contributed by atoms with Crippen LogP contribution in [0.5, 0.6) is 0 Å². The van der Waals surface area contributed by atoms with Crippen LogP contribution in [-0.4, -0.2) is 8.07 Å². The maximum Gasteiger partial charge on any atom is 1.00 e. The van der Waals surface area contributed by atoms with E-state index >= 15 is 0 Å². The van der Waals surface area contributed by atoms with Crippen molar-refractivity contribution in [1.82, 2.24) is 0 Å². The molecular formula is C17H17LiSi. The second kappa shape index (κ2) is 7.38. The number of allylic oxidation sites excluding steroid dienone is 1. The molecule has 0 atom stereocenters. The monoisotopic (exact) mass is 256 g/mol. The zero-order valence-corrected chi connectivity index (χ0v) is 12.9. The van der Waals surface area contributed by atoms with E-state index in [0.29, 0.717) is 0 Å². The van der Waals surface area contributed by atoms with Gasteiger partial charge in [0.2, 0.25) is 0 Å². The molecule has 2 aromatic carbocycles. The molecule has 0 aliphatic carbocycles. The van der Waals surface area contributed by atoms with Gasteiger partial charge >= 0.3 is 18.9 Å². The normalized spacial score (nSPS) is 10.0. The molecule has 0 aliphatic heterocycles. The van der Waals surface area contributed by atoms with Gasteiger partial charge in [-0.25, -0.2) is 6.08 Å². The minimum atomic E-state index is -1.82. The molecule has 0 heterocycles. The van der Waals surface area contributed by atoms with Crippen molar-refractivity contribution in [2.24, 2.45) is 0 Å². The summed E-state index contributed by atoms with van der Waals surface area (Å²) < 4.78 is 0. The Morgan fingerprint density at radius 1 is 0.895 bits per heavy atom. The van der Waals surface area contributed by atoms with Crippen molar-refractivity contribution in [3.63, 3.8) is 0 Å². The van der Waals surface area contributed by atoms with Crippen LogP contribution in [0.4, 0.5) is 0 Å². The zero-order chi connectivity index (χ0) is 12.8. The first-order valence-electron chi connectivity index (χ1n) is 6.15. The molecule has 0 aromatic heterocycles. The van der Waals surface area contributed by atoms with Crippen molar-refractivity contribution in [2.75, 3.05) is 0 Å². The van der Waals surface area contributed by atoms with E-state index in [1.807, 2.05) is 6.92 Å². The SMILES string of the molecule is C[C-]=C=C[Si](C)(c1ccccc1)c1ccccc1.[Li+]. The van der Waals surface area contributed by atoms with E-state index in [1.165, 1.54) is 10.4 Å². The Balaban J connectivity index is 0.00000180. The Kier molecular flexibility index (Phi) is 6.15. The number of hydrogen-bond donors (Lipinski definition) is 0. The summed E-state index contributed by atoms with van der Waals surface area (Å²) in [5.41, 5.74) is 5.39. The van der Waals surface area contributed by atoms with Gasteiger partial charge < -0.3 is 5.73 Å². The van der Waals surface area contributed by atoms with Crippen molar-refractivity contribution in [1.29, 1.82) is 0 Å². The molecule has 0 fully saturated rings. The molecule has 19 heavy (non-hydrogen) atoms. The smallest absolute Gasteiger partial charge is 0.337 e. The van der Waals surface area contributed by atoms with Gasteiger partial charge in [0.05, 0.1) is 8.07 Å². The predicted molar refractivity (Wildman–Crippen MR) is 80.8 cm³/mol. The van der Waals surface area contributed by atoms with Crippen LogP contribution in [0.25, 0.3) is 0 Å². The van der Waals surface area contributed by atoms with Gasteiger partial charge in [-0.05, 0) is 0 Å². The van der Waals surface area contributed by atoms with Gasteiger partial charge in [-0.15, -0.1) is 6.92 Å². The molecule has 0 saturated carbocycles. The van der Waals surface area contributed by atoms with Gasteiger partial charge in [-0.3, -0.25) is 0 Å². The second-order valence-electron chi connectivity index (χ2n) is 4.47. The molecule has 0 aliphatic rings. The van der Waals surface area contributed by atoms with E-state index in [4.69, 9.17) is 0 Å². The Morgan fingerprint density at radius 2 is 1.32 bits per heavy atom. The van der Waals surface area contributed by atoms with Crippen LogP contribution in [0.2, 0.25) is 6.55 Å². The first kappa shape index (κ1) is 15.8. The summed E-state index contributed by atoms with van der Waals surface area (Å²) in [7, 11) is -1.82. The van der Waals surface area contributed by atoms with Crippen molar-refractivity contribution in [3.05, 3.63) is 78.2 Å². The average molecular weight is 256 g/mol. The molecule has 2 aromatic rings. The van der Waals surface area contributed by atoms with E-state index < -0.39 is 8.07 Å². The predicted octanol–water partition coefficient (Wildman–Crippen LogP) is -0.0430. The Labute approximate surface area is 129 Å². The quantitative estimate of drug-likeness (QED) is 0.411.